The van der Waals surface area contributed by atoms with Crippen LogP contribution in [0.5, 0.6) is 0 Å². The van der Waals surface area contributed by atoms with Crippen molar-refractivity contribution in [3.8, 4) is 0 Å². The molecule has 1 saturated carbocycles. The van der Waals surface area contributed by atoms with Crippen LogP contribution in [-0.2, 0) is 25.5 Å². The topological polar surface area (TPSA) is 96.0 Å². The molecule has 178 valence electrons. The van der Waals surface area contributed by atoms with Gasteiger partial charge in [0.1, 0.15) is 12.1 Å². The van der Waals surface area contributed by atoms with Gasteiger partial charge in [0.25, 0.3) is 11.8 Å². The Kier molecular flexibility index (Phi) is 6.95. The first kappa shape index (κ1) is 23.5. The second-order valence-corrected chi connectivity index (χ2v) is 8.85. The van der Waals surface area contributed by atoms with E-state index in [1.807, 2.05) is 48.5 Å². The molecule has 1 heterocycles. The van der Waals surface area contributed by atoms with E-state index in [0.29, 0.717) is 24.9 Å². The fraction of sp³-hybridized carbons (Fsp3) is 0.385. The maximum atomic E-state index is 13.0. The zero-order valence-electron chi connectivity index (χ0n) is 19.3. The van der Waals surface area contributed by atoms with Crippen molar-refractivity contribution >= 4 is 29.5 Å². The maximum Gasteiger partial charge on any atom is 0.327 e. The van der Waals surface area contributed by atoms with Crippen LogP contribution in [0.3, 0.4) is 0 Å². The summed E-state index contributed by atoms with van der Waals surface area (Å²) in [4.78, 5) is 52.8. The largest absolute Gasteiger partial charge is 0.454 e. The van der Waals surface area contributed by atoms with Crippen molar-refractivity contribution < 1.29 is 23.9 Å². The Hall–Kier alpha value is -3.68. The zero-order valence-corrected chi connectivity index (χ0v) is 19.3. The number of esters is 1. The summed E-state index contributed by atoms with van der Waals surface area (Å²) in [6.07, 6.45) is 4.62. The third-order valence-electron chi connectivity index (χ3n) is 6.66. The molecule has 2 fully saturated rings. The summed E-state index contributed by atoms with van der Waals surface area (Å²) in [5.74, 6) is -1.64. The van der Waals surface area contributed by atoms with Gasteiger partial charge in [-0.15, -0.1) is 0 Å². The monoisotopic (exact) mass is 463 g/mol. The first-order valence-corrected chi connectivity index (χ1v) is 11.6. The van der Waals surface area contributed by atoms with Crippen LogP contribution in [0.15, 0.2) is 54.6 Å². The summed E-state index contributed by atoms with van der Waals surface area (Å²) < 4.78 is 5.09. The first-order chi connectivity index (χ1) is 16.4. The Balaban J connectivity index is 1.31. The van der Waals surface area contributed by atoms with Gasteiger partial charge in [0.15, 0.2) is 6.61 Å². The Labute approximate surface area is 198 Å². The van der Waals surface area contributed by atoms with Crippen molar-refractivity contribution in [3.05, 3.63) is 65.7 Å². The van der Waals surface area contributed by atoms with Crippen LogP contribution in [0.4, 0.5) is 10.5 Å². The number of likely N-dealkylation sites (N-methyl/N-ethyl adjacent to an activating group) is 1. The number of carbonyl (C=O) groups is 4. The van der Waals surface area contributed by atoms with Crippen molar-refractivity contribution in [2.45, 2.75) is 44.1 Å². The molecule has 2 aromatic carbocycles. The smallest absolute Gasteiger partial charge is 0.327 e. The van der Waals surface area contributed by atoms with E-state index in [4.69, 9.17) is 4.74 Å². The van der Waals surface area contributed by atoms with Crippen LogP contribution >= 0.6 is 0 Å². The third kappa shape index (κ3) is 4.81. The molecule has 1 spiro atoms. The molecule has 1 aliphatic carbocycles. The Morgan fingerprint density at radius 3 is 2.38 bits per heavy atom. The van der Waals surface area contributed by atoms with Crippen LogP contribution in [0.1, 0.15) is 43.2 Å². The van der Waals surface area contributed by atoms with E-state index in [-0.39, 0.29) is 5.91 Å². The number of rotatable bonds is 7. The van der Waals surface area contributed by atoms with E-state index in [9.17, 15) is 19.2 Å². The van der Waals surface area contributed by atoms with E-state index >= 15 is 0 Å². The van der Waals surface area contributed by atoms with Crippen molar-refractivity contribution in [2.24, 2.45) is 0 Å². The SMILES string of the molecule is CN1C(=O)N(CC(=O)OCC(=O)Nc2ccccc2Cc2ccccc2)C(=O)C12CCCCC2. The lowest BCUT2D eigenvalue weighted by atomic mass is 9.81. The number of hydrogen-bond acceptors (Lipinski definition) is 5. The Morgan fingerprint density at radius 1 is 0.971 bits per heavy atom. The van der Waals surface area contributed by atoms with Gasteiger partial charge in [-0.05, 0) is 36.5 Å². The molecule has 8 heteroatoms. The normalized spacial score (nSPS) is 17.2. The van der Waals surface area contributed by atoms with E-state index in [1.165, 1.54) is 4.90 Å². The van der Waals surface area contributed by atoms with E-state index in [0.717, 1.165) is 35.3 Å². The summed E-state index contributed by atoms with van der Waals surface area (Å²) in [6, 6.07) is 16.8. The van der Waals surface area contributed by atoms with Crippen molar-refractivity contribution in [2.75, 3.05) is 25.5 Å². The van der Waals surface area contributed by atoms with Gasteiger partial charge in [0, 0.05) is 12.7 Å². The number of ether oxygens (including phenoxy) is 1. The van der Waals surface area contributed by atoms with Gasteiger partial charge in [-0.3, -0.25) is 19.3 Å². The van der Waals surface area contributed by atoms with Crippen molar-refractivity contribution in [1.29, 1.82) is 0 Å². The number of urea groups is 1. The summed E-state index contributed by atoms with van der Waals surface area (Å²) in [6.45, 7) is -1.00. The first-order valence-electron chi connectivity index (χ1n) is 11.6. The lowest BCUT2D eigenvalue weighted by Crippen LogP contribution is -2.49. The number of nitrogens with one attached hydrogen (secondary N) is 1. The summed E-state index contributed by atoms with van der Waals surface area (Å²) in [5.41, 5.74) is 1.83. The van der Waals surface area contributed by atoms with Gasteiger partial charge in [-0.2, -0.15) is 0 Å². The Bertz CT molecular complexity index is 1080. The highest BCUT2D eigenvalue weighted by Gasteiger charge is 2.55. The molecule has 0 bridgehead atoms. The highest BCUT2D eigenvalue weighted by Crippen LogP contribution is 2.39. The predicted octanol–water partition coefficient (Wildman–Crippen LogP) is 3.36. The number of carbonyl (C=O) groups excluding carboxylic acids is 4. The van der Waals surface area contributed by atoms with Crippen LogP contribution in [0, 0.1) is 0 Å². The molecule has 1 N–H and O–H groups in total. The molecule has 0 unspecified atom stereocenters. The summed E-state index contributed by atoms with van der Waals surface area (Å²) >= 11 is 0. The molecule has 1 aliphatic heterocycles. The average molecular weight is 464 g/mol. The van der Waals surface area contributed by atoms with Gasteiger partial charge in [-0.25, -0.2) is 4.79 Å². The van der Waals surface area contributed by atoms with Crippen molar-refractivity contribution in [1.82, 2.24) is 9.80 Å². The average Bonchev–Trinajstić information content (AvgIpc) is 3.01. The highest BCUT2D eigenvalue weighted by atomic mass is 16.5. The minimum absolute atomic E-state index is 0.351. The minimum atomic E-state index is -0.852. The molecule has 34 heavy (non-hydrogen) atoms. The molecule has 2 aromatic rings. The number of imide groups is 1. The van der Waals surface area contributed by atoms with Gasteiger partial charge < -0.3 is 15.0 Å². The van der Waals surface area contributed by atoms with E-state index < -0.39 is 36.6 Å². The lowest BCUT2D eigenvalue weighted by molar-refractivity contribution is -0.150. The molecule has 4 rings (SSSR count). The molecule has 0 aromatic heterocycles. The van der Waals surface area contributed by atoms with Crippen LogP contribution in [0.2, 0.25) is 0 Å². The highest BCUT2D eigenvalue weighted by molar-refractivity contribution is 6.08. The minimum Gasteiger partial charge on any atom is -0.454 e. The quantitative estimate of drug-likeness (QED) is 0.502. The van der Waals surface area contributed by atoms with Gasteiger partial charge >= 0.3 is 12.0 Å². The predicted molar refractivity (Wildman–Crippen MR) is 126 cm³/mol. The molecule has 2 aliphatic rings. The molecule has 0 atom stereocenters. The summed E-state index contributed by atoms with van der Waals surface area (Å²) in [7, 11) is 1.61. The van der Waals surface area contributed by atoms with Crippen LogP contribution < -0.4 is 5.32 Å². The Morgan fingerprint density at radius 2 is 1.65 bits per heavy atom. The standard InChI is InChI=1S/C26H29N3O5/c1-28-25(33)29(24(32)26(28)14-8-3-9-15-26)17-23(31)34-18-22(30)27-21-13-7-6-12-20(21)16-19-10-4-2-5-11-19/h2,4-7,10-13H,3,8-9,14-18H2,1H3,(H,27,30). The molecular weight excluding hydrogens is 434 g/mol. The fourth-order valence-corrected chi connectivity index (χ4v) is 4.79. The summed E-state index contributed by atoms with van der Waals surface area (Å²) in [5, 5.41) is 2.78. The number of nitrogens with zero attached hydrogens (tertiary/aromatic N) is 2. The van der Waals surface area contributed by atoms with Crippen LogP contribution in [-0.4, -0.2) is 59.4 Å². The molecular formula is C26H29N3O5. The number of amides is 4. The second-order valence-electron chi connectivity index (χ2n) is 8.85. The second kappa shape index (κ2) is 10.1. The van der Waals surface area contributed by atoms with E-state index in [2.05, 4.69) is 5.32 Å². The number of para-hydroxylation sites is 1. The fourth-order valence-electron chi connectivity index (χ4n) is 4.79. The van der Waals surface area contributed by atoms with Crippen molar-refractivity contribution in [3.63, 3.8) is 0 Å². The molecule has 0 radical (unpaired) electrons. The molecule has 1 saturated heterocycles. The number of anilines is 1. The van der Waals surface area contributed by atoms with Gasteiger partial charge in [-0.1, -0.05) is 67.8 Å². The third-order valence-corrected chi connectivity index (χ3v) is 6.66. The molecule has 8 nitrogen and oxygen atoms in total. The molecule has 4 amide bonds. The van der Waals surface area contributed by atoms with Crippen LogP contribution in [0.25, 0.3) is 0 Å². The number of hydrogen-bond donors (Lipinski definition) is 1. The van der Waals surface area contributed by atoms with Gasteiger partial charge in [0.2, 0.25) is 0 Å². The zero-order chi connectivity index (χ0) is 24.1. The van der Waals surface area contributed by atoms with Gasteiger partial charge in [0.05, 0.1) is 0 Å². The number of benzene rings is 2. The van der Waals surface area contributed by atoms with E-state index in [1.54, 1.807) is 13.1 Å². The maximum absolute atomic E-state index is 13.0. The lowest BCUT2D eigenvalue weighted by Gasteiger charge is -2.35.